The van der Waals surface area contributed by atoms with Crippen LogP contribution >= 0.6 is 11.3 Å². The molecule has 20 heavy (non-hydrogen) atoms. The maximum Gasteiger partial charge on any atom is 0.406 e. The van der Waals surface area contributed by atoms with Crippen LogP contribution in [0, 0.1) is 5.41 Å². The summed E-state index contributed by atoms with van der Waals surface area (Å²) in [6.07, 6.45) is -5.45. The molecule has 0 spiro atoms. The standard InChI is InChI=1S/C12H12F3NO3S/c13-12(14,15)11(10(18)19)3-4-16(7-11)9(17)6-8-2-1-5-20-8/h1-2,5H,3-4,6-7H2,(H,18,19). The van der Waals surface area contributed by atoms with Gasteiger partial charge in [0.25, 0.3) is 0 Å². The van der Waals surface area contributed by atoms with Crippen LogP contribution in [0.25, 0.3) is 0 Å². The molecule has 1 aromatic heterocycles. The first-order valence-electron chi connectivity index (χ1n) is 5.86. The maximum absolute atomic E-state index is 13.0. The molecule has 8 heteroatoms. The highest BCUT2D eigenvalue weighted by atomic mass is 32.1. The molecule has 1 aliphatic heterocycles. The number of carbonyl (C=O) groups is 2. The van der Waals surface area contributed by atoms with Gasteiger partial charge in [0.1, 0.15) is 0 Å². The molecule has 0 aromatic carbocycles. The molecule has 1 atom stereocenters. The van der Waals surface area contributed by atoms with Gasteiger partial charge in [-0.25, -0.2) is 0 Å². The van der Waals surface area contributed by atoms with Crippen molar-refractivity contribution in [3.63, 3.8) is 0 Å². The molecule has 0 aliphatic carbocycles. The van der Waals surface area contributed by atoms with Crippen LogP contribution in [0.2, 0.25) is 0 Å². The van der Waals surface area contributed by atoms with E-state index in [1.807, 2.05) is 0 Å². The van der Waals surface area contributed by atoms with E-state index in [0.29, 0.717) is 0 Å². The minimum absolute atomic E-state index is 0.00518. The van der Waals surface area contributed by atoms with E-state index in [1.54, 1.807) is 17.5 Å². The molecular formula is C12H12F3NO3S. The van der Waals surface area contributed by atoms with Crippen LogP contribution < -0.4 is 0 Å². The third-order valence-corrected chi connectivity index (χ3v) is 4.36. The van der Waals surface area contributed by atoms with E-state index in [-0.39, 0.29) is 13.0 Å². The number of carboxylic acid groups (broad SMARTS) is 1. The zero-order chi connectivity index (χ0) is 15.0. The van der Waals surface area contributed by atoms with E-state index in [9.17, 15) is 22.8 Å². The van der Waals surface area contributed by atoms with Crippen molar-refractivity contribution in [3.8, 4) is 0 Å². The summed E-state index contributed by atoms with van der Waals surface area (Å²) in [6.45, 7) is -0.994. The summed E-state index contributed by atoms with van der Waals surface area (Å²) in [5, 5.41) is 10.7. The van der Waals surface area contributed by atoms with Crippen molar-refractivity contribution in [2.75, 3.05) is 13.1 Å². The Morgan fingerprint density at radius 1 is 1.45 bits per heavy atom. The number of halogens is 3. The second kappa shape index (κ2) is 5.08. The number of hydrogen-bond acceptors (Lipinski definition) is 3. The van der Waals surface area contributed by atoms with Crippen molar-refractivity contribution in [2.24, 2.45) is 5.41 Å². The summed E-state index contributed by atoms with van der Waals surface area (Å²) < 4.78 is 38.9. The Morgan fingerprint density at radius 2 is 2.15 bits per heavy atom. The van der Waals surface area contributed by atoms with Crippen LogP contribution in [-0.4, -0.2) is 41.1 Å². The third-order valence-electron chi connectivity index (χ3n) is 3.48. The van der Waals surface area contributed by atoms with Gasteiger partial charge in [-0.2, -0.15) is 13.2 Å². The van der Waals surface area contributed by atoms with Crippen LogP contribution in [0.3, 0.4) is 0 Å². The number of amides is 1. The van der Waals surface area contributed by atoms with Crippen LogP contribution in [0.4, 0.5) is 13.2 Å². The van der Waals surface area contributed by atoms with Gasteiger partial charge in [-0.1, -0.05) is 6.07 Å². The zero-order valence-electron chi connectivity index (χ0n) is 10.3. The van der Waals surface area contributed by atoms with Crippen LogP contribution in [0.5, 0.6) is 0 Å². The Kier molecular flexibility index (Phi) is 3.77. The molecule has 2 rings (SSSR count). The number of carboxylic acids is 1. The molecule has 1 aliphatic rings. The number of thiophene rings is 1. The number of carbonyl (C=O) groups excluding carboxylic acids is 1. The first kappa shape index (κ1) is 14.8. The van der Waals surface area contributed by atoms with E-state index in [2.05, 4.69) is 0 Å². The summed E-state index contributed by atoms with van der Waals surface area (Å²) in [7, 11) is 0. The van der Waals surface area contributed by atoms with Crippen molar-refractivity contribution in [1.29, 1.82) is 0 Å². The molecule has 1 unspecified atom stereocenters. The largest absolute Gasteiger partial charge is 0.481 e. The van der Waals surface area contributed by atoms with Crippen LogP contribution in [0.15, 0.2) is 17.5 Å². The second-order valence-corrected chi connectivity index (χ2v) is 5.74. The number of alkyl halides is 3. The van der Waals surface area contributed by atoms with E-state index in [1.165, 1.54) is 11.3 Å². The lowest BCUT2D eigenvalue weighted by molar-refractivity contribution is -0.227. The van der Waals surface area contributed by atoms with Crippen molar-refractivity contribution in [2.45, 2.75) is 19.0 Å². The third kappa shape index (κ3) is 2.52. The summed E-state index contributed by atoms with van der Waals surface area (Å²) in [6, 6.07) is 3.46. The van der Waals surface area contributed by atoms with E-state index >= 15 is 0 Å². The lowest BCUT2D eigenvalue weighted by atomic mass is 9.86. The van der Waals surface area contributed by atoms with E-state index in [0.717, 1.165) is 9.78 Å². The average Bonchev–Trinajstić information content (AvgIpc) is 2.96. The predicted octanol–water partition coefficient (Wildman–Crippen LogP) is 2.16. The molecule has 0 bridgehead atoms. The molecule has 1 fully saturated rings. The number of rotatable bonds is 3. The second-order valence-electron chi connectivity index (χ2n) is 4.71. The van der Waals surface area contributed by atoms with Crippen molar-refractivity contribution in [3.05, 3.63) is 22.4 Å². The van der Waals surface area contributed by atoms with Gasteiger partial charge < -0.3 is 10.0 Å². The van der Waals surface area contributed by atoms with Crippen molar-refractivity contribution < 1.29 is 27.9 Å². The fourth-order valence-corrected chi connectivity index (χ4v) is 2.92. The minimum atomic E-state index is -4.86. The Hall–Kier alpha value is -1.57. The summed E-state index contributed by atoms with van der Waals surface area (Å²) in [5.74, 6) is -2.39. The molecule has 1 aromatic rings. The highest BCUT2D eigenvalue weighted by molar-refractivity contribution is 7.10. The summed E-state index contributed by atoms with van der Waals surface area (Å²) >= 11 is 1.34. The van der Waals surface area contributed by atoms with Gasteiger partial charge >= 0.3 is 12.1 Å². The predicted molar refractivity (Wildman–Crippen MR) is 65.3 cm³/mol. The monoisotopic (exact) mass is 307 g/mol. The zero-order valence-corrected chi connectivity index (χ0v) is 11.1. The molecule has 0 saturated carbocycles. The summed E-state index contributed by atoms with van der Waals surface area (Å²) in [5.41, 5.74) is -2.84. The molecule has 0 radical (unpaired) electrons. The SMILES string of the molecule is O=C(Cc1cccs1)N1CCC(C(=O)O)(C(F)(F)F)C1. The Balaban J connectivity index is 2.11. The number of aliphatic carboxylic acids is 1. The average molecular weight is 307 g/mol. The van der Waals surface area contributed by atoms with Gasteiger partial charge in [0, 0.05) is 18.0 Å². The quantitative estimate of drug-likeness (QED) is 0.931. The van der Waals surface area contributed by atoms with E-state index < -0.39 is 36.4 Å². The first-order valence-corrected chi connectivity index (χ1v) is 6.74. The smallest absolute Gasteiger partial charge is 0.406 e. The topological polar surface area (TPSA) is 57.6 Å². The van der Waals surface area contributed by atoms with Gasteiger partial charge in [0.15, 0.2) is 5.41 Å². The van der Waals surface area contributed by atoms with Crippen molar-refractivity contribution >= 4 is 23.2 Å². The molecule has 4 nitrogen and oxygen atoms in total. The molecule has 2 heterocycles. The van der Waals surface area contributed by atoms with Gasteiger partial charge in [0.2, 0.25) is 5.91 Å². The molecule has 110 valence electrons. The Labute approximate surface area is 116 Å². The van der Waals surface area contributed by atoms with Gasteiger partial charge in [-0.3, -0.25) is 9.59 Å². The van der Waals surface area contributed by atoms with Crippen LogP contribution in [0.1, 0.15) is 11.3 Å². The van der Waals surface area contributed by atoms with Crippen molar-refractivity contribution in [1.82, 2.24) is 4.90 Å². The fraction of sp³-hybridized carbons (Fsp3) is 0.500. The summed E-state index contributed by atoms with van der Waals surface area (Å²) in [4.78, 5) is 24.7. The number of nitrogens with zero attached hydrogens (tertiary/aromatic N) is 1. The lowest BCUT2D eigenvalue weighted by Crippen LogP contribution is -2.47. The lowest BCUT2D eigenvalue weighted by Gasteiger charge is -2.27. The number of likely N-dealkylation sites (tertiary alicyclic amines) is 1. The van der Waals surface area contributed by atoms with Gasteiger partial charge in [-0.05, 0) is 17.9 Å². The first-order chi connectivity index (χ1) is 9.26. The maximum atomic E-state index is 13.0. The fourth-order valence-electron chi connectivity index (χ4n) is 2.22. The van der Waals surface area contributed by atoms with Crippen LogP contribution in [-0.2, 0) is 16.0 Å². The highest BCUT2D eigenvalue weighted by Gasteiger charge is 2.64. The molecule has 1 N–H and O–H groups in total. The van der Waals surface area contributed by atoms with E-state index in [4.69, 9.17) is 5.11 Å². The Bertz CT molecular complexity index is 515. The molecule has 1 saturated heterocycles. The minimum Gasteiger partial charge on any atom is -0.481 e. The van der Waals surface area contributed by atoms with Gasteiger partial charge in [0.05, 0.1) is 6.42 Å². The molecular weight excluding hydrogens is 295 g/mol. The van der Waals surface area contributed by atoms with Gasteiger partial charge in [-0.15, -0.1) is 11.3 Å². The molecule has 1 amide bonds. The number of hydrogen-bond donors (Lipinski definition) is 1. The normalized spacial score (nSPS) is 23.1. The highest BCUT2D eigenvalue weighted by Crippen LogP contribution is 2.45. The Morgan fingerprint density at radius 3 is 2.60 bits per heavy atom.